The van der Waals surface area contributed by atoms with Gasteiger partial charge in [0.25, 0.3) is 0 Å². The highest BCUT2D eigenvalue weighted by molar-refractivity contribution is 5.86. The van der Waals surface area contributed by atoms with Crippen molar-refractivity contribution in [3.8, 4) is 0 Å². The lowest BCUT2D eigenvalue weighted by molar-refractivity contribution is -0.128. The van der Waals surface area contributed by atoms with E-state index in [1.54, 1.807) is 6.92 Å². The second kappa shape index (κ2) is 7.18. The predicted octanol–water partition coefficient (Wildman–Crippen LogP) is 3.10. The summed E-state index contributed by atoms with van der Waals surface area (Å²) in [6.07, 6.45) is 2.86. The first-order chi connectivity index (χ1) is 9.42. The molecule has 1 aromatic rings. The van der Waals surface area contributed by atoms with Crippen LogP contribution in [0.2, 0.25) is 0 Å². The van der Waals surface area contributed by atoms with Crippen LogP contribution in [0.1, 0.15) is 44.7 Å². The third-order valence-corrected chi connectivity index (χ3v) is 3.91. The summed E-state index contributed by atoms with van der Waals surface area (Å²) in [6.45, 7) is 4.46. The Balaban J connectivity index is 0.00000220. The molecular weight excluding hydrogens is 298 g/mol. The van der Waals surface area contributed by atoms with Crippen LogP contribution in [0.5, 0.6) is 0 Å². The van der Waals surface area contributed by atoms with Crippen LogP contribution in [0.4, 0.5) is 8.78 Å². The first kappa shape index (κ1) is 17.9. The molecule has 0 aliphatic carbocycles. The third kappa shape index (κ3) is 4.14. The molecule has 1 fully saturated rings. The minimum atomic E-state index is -0.898. The fourth-order valence-corrected chi connectivity index (χ4v) is 2.47. The monoisotopic (exact) mass is 318 g/mol. The average Bonchev–Trinajstić information content (AvgIpc) is 2.42. The number of halogens is 3. The highest BCUT2D eigenvalue weighted by Gasteiger charge is 2.34. The Morgan fingerprint density at radius 2 is 2.05 bits per heavy atom. The first-order valence-electron chi connectivity index (χ1n) is 6.93. The molecule has 0 bridgehead atoms. The summed E-state index contributed by atoms with van der Waals surface area (Å²) in [5.41, 5.74) is -0.0258. The Morgan fingerprint density at radius 1 is 1.33 bits per heavy atom. The minimum absolute atomic E-state index is 0. The maximum Gasteiger partial charge on any atom is 0.240 e. The van der Waals surface area contributed by atoms with Crippen LogP contribution in [0.15, 0.2) is 18.2 Å². The molecule has 1 amide bonds. The lowest BCUT2D eigenvalue weighted by atomic mass is 9.89. The molecule has 0 radical (unpaired) electrons. The number of amides is 1. The van der Waals surface area contributed by atoms with Crippen molar-refractivity contribution >= 4 is 18.3 Å². The van der Waals surface area contributed by atoms with E-state index in [2.05, 4.69) is 10.6 Å². The molecule has 1 aliphatic rings. The minimum Gasteiger partial charge on any atom is -0.348 e. The van der Waals surface area contributed by atoms with Crippen LogP contribution in [-0.4, -0.2) is 18.0 Å². The lowest BCUT2D eigenvalue weighted by Crippen LogP contribution is -2.57. The number of piperidine rings is 1. The quantitative estimate of drug-likeness (QED) is 0.899. The Kier molecular flexibility index (Phi) is 6.10. The topological polar surface area (TPSA) is 41.1 Å². The summed E-state index contributed by atoms with van der Waals surface area (Å²) in [5, 5.41) is 6.09. The summed E-state index contributed by atoms with van der Waals surface area (Å²) in [7, 11) is 0. The molecule has 3 nitrogen and oxygen atoms in total. The zero-order valence-electron chi connectivity index (χ0n) is 12.2. The van der Waals surface area contributed by atoms with Crippen LogP contribution in [-0.2, 0) is 4.79 Å². The van der Waals surface area contributed by atoms with Gasteiger partial charge < -0.3 is 10.6 Å². The third-order valence-electron chi connectivity index (χ3n) is 3.91. The Bertz CT molecular complexity index is 504. The van der Waals surface area contributed by atoms with E-state index in [1.165, 1.54) is 6.07 Å². The van der Waals surface area contributed by atoms with Crippen LogP contribution >= 0.6 is 12.4 Å². The van der Waals surface area contributed by atoms with E-state index in [0.717, 1.165) is 37.9 Å². The number of rotatable bonds is 3. The molecule has 2 rings (SSSR count). The molecule has 2 atom stereocenters. The van der Waals surface area contributed by atoms with Crippen LogP contribution in [0, 0.1) is 11.6 Å². The lowest BCUT2D eigenvalue weighted by Gasteiger charge is -2.34. The van der Waals surface area contributed by atoms with Crippen molar-refractivity contribution in [1.82, 2.24) is 10.6 Å². The molecule has 0 spiro atoms. The summed E-state index contributed by atoms with van der Waals surface area (Å²) in [5.74, 6) is -1.88. The fourth-order valence-electron chi connectivity index (χ4n) is 2.47. The number of nitrogens with one attached hydrogen (secondary N) is 2. The summed E-state index contributed by atoms with van der Waals surface area (Å²) in [6, 6.07) is 3.32. The van der Waals surface area contributed by atoms with E-state index in [0.29, 0.717) is 5.56 Å². The first-order valence-corrected chi connectivity index (χ1v) is 6.93. The predicted molar refractivity (Wildman–Crippen MR) is 80.4 cm³/mol. The van der Waals surface area contributed by atoms with Gasteiger partial charge in [-0.05, 0) is 57.4 Å². The number of benzene rings is 1. The molecular formula is C15H21ClF2N2O. The molecule has 1 heterocycles. The zero-order chi connectivity index (χ0) is 14.8. The maximum atomic E-state index is 13.2. The van der Waals surface area contributed by atoms with Gasteiger partial charge in [0.2, 0.25) is 5.91 Å². The van der Waals surface area contributed by atoms with Gasteiger partial charge in [0.05, 0.1) is 11.6 Å². The van der Waals surface area contributed by atoms with Gasteiger partial charge in [-0.1, -0.05) is 6.07 Å². The summed E-state index contributed by atoms with van der Waals surface area (Å²) >= 11 is 0. The van der Waals surface area contributed by atoms with Crippen molar-refractivity contribution in [1.29, 1.82) is 0 Å². The van der Waals surface area contributed by atoms with Gasteiger partial charge in [-0.3, -0.25) is 4.79 Å². The van der Waals surface area contributed by atoms with Gasteiger partial charge in [0.1, 0.15) is 0 Å². The van der Waals surface area contributed by atoms with E-state index in [1.807, 2.05) is 6.92 Å². The molecule has 1 aliphatic heterocycles. The van der Waals surface area contributed by atoms with Crippen molar-refractivity contribution in [3.05, 3.63) is 35.4 Å². The number of carbonyl (C=O) groups is 1. The van der Waals surface area contributed by atoms with E-state index in [4.69, 9.17) is 0 Å². The summed E-state index contributed by atoms with van der Waals surface area (Å²) < 4.78 is 26.1. The van der Waals surface area contributed by atoms with Gasteiger partial charge >= 0.3 is 0 Å². The van der Waals surface area contributed by atoms with Crippen molar-refractivity contribution in [2.75, 3.05) is 6.54 Å². The fraction of sp³-hybridized carbons (Fsp3) is 0.533. The molecule has 0 saturated carbocycles. The second-order valence-corrected chi connectivity index (χ2v) is 5.58. The number of carbonyl (C=O) groups excluding carboxylic acids is 1. The molecule has 1 aromatic carbocycles. The number of hydrogen-bond acceptors (Lipinski definition) is 2. The Morgan fingerprint density at radius 3 is 2.62 bits per heavy atom. The van der Waals surface area contributed by atoms with E-state index < -0.39 is 17.2 Å². The van der Waals surface area contributed by atoms with Gasteiger partial charge in [-0.25, -0.2) is 8.78 Å². The smallest absolute Gasteiger partial charge is 0.240 e. The highest BCUT2D eigenvalue weighted by Crippen LogP contribution is 2.21. The number of hydrogen-bond donors (Lipinski definition) is 2. The van der Waals surface area contributed by atoms with Crippen molar-refractivity contribution in [2.24, 2.45) is 0 Å². The molecule has 21 heavy (non-hydrogen) atoms. The van der Waals surface area contributed by atoms with E-state index >= 15 is 0 Å². The average molecular weight is 319 g/mol. The van der Waals surface area contributed by atoms with Gasteiger partial charge in [0, 0.05) is 0 Å². The van der Waals surface area contributed by atoms with Crippen LogP contribution < -0.4 is 10.6 Å². The second-order valence-electron chi connectivity index (χ2n) is 5.58. The van der Waals surface area contributed by atoms with Gasteiger partial charge in [-0.15, -0.1) is 12.4 Å². The van der Waals surface area contributed by atoms with E-state index in [9.17, 15) is 13.6 Å². The normalized spacial score (nSPS) is 23.0. The highest BCUT2D eigenvalue weighted by atomic mass is 35.5. The largest absolute Gasteiger partial charge is 0.348 e. The van der Waals surface area contributed by atoms with E-state index in [-0.39, 0.29) is 24.4 Å². The molecule has 118 valence electrons. The molecule has 2 N–H and O–H groups in total. The van der Waals surface area contributed by atoms with Crippen molar-refractivity contribution < 1.29 is 13.6 Å². The molecule has 0 aromatic heterocycles. The maximum absolute atomic E-state index is 13.2. The van der Waals surface area contributed by atoms with Crippen LogP contribution in [0.3, 0.4) is 0 Å². The standard InChI is InChI=1S/C15H20F2N2O.ClH/c1-10(11-5-6-12(16)13(17)9-11)19-14(20)15(2)7-3-4-8-18-15;/h5-6,9-10,18H,3-4,7-8H2,1-2H3,(H,19,20);1H. The molecule has 6 heteroatoms. The van der Waals surface area contributed by atoms with Gasteiger partial charge in [0.15, 0.2) is 11.6 Å². The van der Waals surface area contributed by atoms with Crippen LogP contribution in [0.25, 0.3) is 0 Å². The van der Waals surface area contributed by atoms with Crippen molar-refractivity contribution in [2.45, 2.75) is 44.7 Å². The molecule has 1 saturated heterocycles. The SMILES string of the molecule is CC(NC(=O)C1(C)CCCCN1)c1ccc(F)c(F)c1.Cl. The Hall–Kier alpha value is -1.20. The molecule has 2 unspecified atom stereocenters. The van der Waals surface area contributed by atoms with Gasteiger partial charge in [-0.2, -0.15) is 0 Å². The van der Waals surface area contributed by atoms with Crippen molar-refractivity contribution in [3.63, 3.8) is 0 Å². The summed E-state index contributed by atoms with van der Waals surface area (Å²) in [4.78, 5) is 12.3. The zero-order valence-corrected chi connectivity index (χ0v) is 13.0. The Labute approximate surface area is 129 Å².